The standard InChI is InChI=1S/C11H17NO2/c12-11(8-3-1-2-4-8)10-6-5-9(7-13)14-10/h5-6,8,11,13H,1-4,7,12H2/t11-/m0/s1. The van der Waals surface area contributed by atoms with Gasteiger partial charge in [0.2, 0.25) is 0 Å². The maximum atomic E-state index is 8.86. The number of rotatable bonds is 3. The van der Waals surface area contributed by atoms with E-state index in [1.807, 2.05) is 6.07 Å². The Balaban J connectivity index is 2.05. The van der Waals surface area contributed by atoms with Crippen molar-refractivity contribution in [3.8, 4) is 0 Å². The summed E-state index contributed by atoms with van der Waals surface area (Å²) < 4.78 is 5.43. The Morgan fingerprint density at radius 2 is 2.14 bits per heavy atom. The van der Waals surface area contributed by atoms with Gasteiger partial charge in [0.05, 0.1) is 6.04 Å². The number of aliphatic hydroxyl groups excluding tert-OH is 1. The third-order valence-corrected chi connectivity index (χ3v) is 3.07. The Morgan fingerprint density at radius 3 is 2.71 bits per heavy atom. The number of aliphatic hydroxyl groups is 1. The molecule has 0 amide bonds. The molecule has 14 heavy (non-hydrogen) atoms. The van der Waals surface area contributed by atoms with Crippen molar-refractivity contribution < 1.29 is 9.52 Å². The fourth-order valence-electron chi connectivity index (χ4n) is 2.21. The van der Waals surface area contributed by atoms with Gasteiger partial charge in [0, 0.05) is 0 Å². The third-order valence-electron chi connectivity index (χ3n) is 3.07. The van der Waals surface area contributed by atoms with Crippen LogP contribution in [0.15, 0.2) is 16.5 Å². The third kappa shape index (κ3) is 1.83. The second-order valence-electron chi connectivity index (χ2n) is 4.03. The van der Waals surface area contributed by atoms with Crippen molar-refractivity contribution in [3.05, 3.63) is 23.7 Å². The first-order chi connectivity index (χ1) is 6.81. The van der Waals surface area contributed by atoms with Gasteiger partial charge >= 0.3 is 0 Å². The fourth-order valence-corrected chi connectivity index (χ4v) is 2.21. The molecule has 0 aliphatic heterocycles. The molecule has 0 unspecified atom stereocenters. The number of hydrogen-bond acceptors (Lipinski definition) is 3. The molecule has 2 rings (SSSR count). The molecule has 3 heteroatoms. The summed E-state index contributed by atoms with van der Waals surface area (Å²) in [4.78, 5) is 0. The Bertz CT molecular complexity index is 289. The molecule has 1 fully saturated rings. The summed E-state index contributed by atoms with van der Waals surface area (Å²) in [6.45, 7) is -0.0443. The summed E-state index contributed by atoms with van der Waals surface area (Å²) in [7, 11) is 0. The Labute approximate surface area is 83.9 Å². The molecular formula is C11H17NO2. The van der Waals surface area contributed by atoms with Gasteiger partial charge in [-0.3, -0.25) is 0 Å². The maximum Gasteiger partial charge on any atom is 0.129 e. The molecule has 0 bridgehead atoms. The predicted octanol–water partition coefficient (Wildman–Crippen LogP) is 1.96. The molecule has 0 radical (unpaired) electrons. The highest BCUT2D eigenvalue weighted by Gasteiger charge is 2.25. The van der Waals surface area contributed by atoms with Gasteiger partial charge in [0.1, 0.15) is 18.1 Å². The molecule has 3 N–H and O–H groups in total. The normalized spacial score (nSPS) is 20.1. The molecule has 1 aromatic rings. The topological polar surface area (TPSA) is 59.4 Å². The summed E-state index contributed by atoms with van der Waals surface area (Å²) in [6, 6.07) is 3.69. The lowest BCUT2D eigenvalue weighted by Gasteiger charge is -2.15. The molecule has 1 aromatic heterocycles. The van der Waals surface area contributed by atoms with E-state index >= 15 is 0 Å². The smallest absolute Gasteiger partial charge is 0.129 e. The summed E-state index contributed by atoms with van der Waals surface area (Å²) in [5.74, 6) is 1.99. The molecular weight excluding hydrogens is 178 g/mol. The van der Waals surface area contributed by atoms with Gasteiger partial charge in [-0.2, -0.15) is 0 Å². The van der Waals surface area contributed by atoms with Gasteiger partial charge in [-0.15, -0.1) is 0 Å². The lowest BCUT2D eigenvalue weighted by molar-refractivity contribution is 0.237. The molecule has 78 valence electrons. The van der Waals surface area contributed by atoms with Crippen molar-refractivity contribution >= 4 is 0 Å². The molecule has 1 heterocycles. The minimum Gasteiger partial charge on any atom is -0.462 e. The Hall–Kier alpha value is -0.800. The summed E-state index contributed by atoms with van der Waals surface area (Å²) in [5, 5.41) is 8.86. The Morgan fingerprint density at radius 1 is 1.43 bits per heavy atom. The van der Waals surface area contributed by atoms with Crippen molar-refractivity contribution in [1.82, 2.24) is 0 Å². The summed E-state index contributed by atoms with van der Waals surface area (Å²) in [5.41, 5.74) is 6.09. The first kappa shape index (κ1) is 9.74. The van der Waals surface area contributed by atoms with Crippen molar-refractivity contribution in [2.75, 3.05) is 0 Å². The molecule has 1 aliphatic carbocycles. The summed E-state index contributed by atoms with van der Waals surface area (Å²) in [6.07, 6.45) is 4.98. The van der Waals surface area contributed by atoms with Crippen molar-refractivity contribution in [2.45, 2.75) is 38.3 Å². The second-order valence-corrected chi connectivity index (χ2v) is 4.03. The predicted molar refractivity (Wildman–Crippen MR) is 53.5 cm³/mol. The van der Waals surface area contributed by atoms with Gasteiger partial charge < -0.3 is 15.3 Å². The van der Waals surface area contributed by atoms with Crippen molar-refractivity contribution in [2.24, 2.45) is 11.7 Å². The van der Waals surface area contributed by atoms with Crippen LogP contribution in [-0.2, 0) is 6.61 Å². The van der Waals surface area contributed by atoms with Crippen LogP contribution in [0.3, 0.4) is 0 Å². The average Bonchev–Trinajstić information content (AvgIpc) is 2.88. The highest BCUT2D eigenvalue weighted by molar-refractivity contribution is 5.11. The van der Waals surface area contributed by atoms with Crippen LogP contribution in [0.2, 0.25) is 0 Å². The second kappa shape index (κ2) is 4.15. The Kier molecular flexibility index (Phi) is 2.89. The van der Waals surface area contributed by atoms with E-state index in [9.17, 15) is 0 Å². The molecule has 1 atom stereocenters. The highest BCUT2D eigenvalue weighted by Crippen LogP contribution is 2.34. The van der Waals surface area contributed by atoms with Crippen LogP contribution >= 0.6 is 0 Å². The van der Waals surface area contributed by atoms with Crippen molar-refractivity contribution in [1.29, 1.82) is 0 Å². The molecule has 0 saturated heterocycles. The SMILES string of the molecule is N[C@H](c1ccc(CO)o1)C1CCCC1. The molecule has 1 saturated carbocycles. The molecule has 1 aliphatic rings. The summed E-state index contributed by atoms with van der Waals surface area (Å²) >= 11 is 0. The highest BCUT2D eigenvalue weighted by atomic mass is 16.4. The van der Waals surface area contributed by atoms with Crippen LogP contribution in [0.4, 0.5) is 0 Å². The largest absolute Gasteiger partial charge is 0.462 e. The van der Waals surface area contributed by atoms with Gasteiger partial charge in [0.25, 0.3) is 0 Å². The van der Waals surface area contributed by atoms with Crippen LogP contribution < -0.4 is 5.73 Å². The lowest BCUT2D eigenvalue weighted by Crippen LogP contribution is -2.18. The number of nitrogens with two attached hydrogens (primary N) is 1. The zero-order valence-corrected chi connectivity index (χ0v) is 8.28. The first-order valence-electron chi connectivity index (χ1n) is 5.26. The number of hydrogen-bond donors (Lipinski definition) is 2. The van der Waals surface area contributed by atoms with E-state index in [0.29, 0.717) is 11.7 Å². The van der Waals surface area contributed by atoms with Gasteiger partial charge in [0.15, 0.2) is 0 Å². The van der Waals surface area contributed by atoms with E-state index in [1.54, 1.807) is 6.07 Å². The number of furan rings is 1. The van der Waals surface area contributed by atoms with Crippen LogP contribution in [0.25, 0.3) is 0 Å². The lowest BCUT2D eigenvalue weighted by atomic mass is 9.97. The van der Waals surface area contributed by atoms with Crippen LogP contribution in [0.5, 0.6) is 0 Å². The monoisotopic (exact) mass is 195 g/mol. The van der Waals surface area contributed by atoms with Gasteiger partial charge in [-0.1, -0.05) is 12.8 Å². The quantitative estimate of drug-likeness (QED) is 0.775. The minimum atomic E-state index is -0.0443. The van der Waals surface area contributed by atoms with E-state index in [0.717, 1.165) is 5.76 Å². The van der Waals surface area contributed by atoms with E-state index in [1.165, 1.54) is 25.7 Å². The minimum absolute atomic E-state index is 0.0119. The average molecular weight is 195 g/mol. The fraction of sp³-hybridized carbons (Fsp3) is 0.636. The van der Waals surface area contributed by atoms with Gasteiger partial charge in [-0.05, 0) is 30.9 Å². The van der Waals surface area contributed by atoms with E-state index in [-0.39, 0.29) is 12.6 Å². The molecule has 3 nitrogen and oxygen atoms in total. The van der Waals surface area contributed by atoms with Crippen molar-refractivity contribution in [3.63, 3.8) is 0 Å². The zero-order chi connectivity index (χ0) is 9.97. The molecule has 0 spiro atoms. The molecule has 0 aromatic carbocycles. The maximum absolute atomic E-state index is 8.86. The van der Waals surface area contributed by atoms with E-state index < -0.39 is 0 Å². The zero-order valence-electron chi connectivity index (χ0n) is 8.28. The first-order valence-corrected chi connectivity index (χ1v) is 5.26. The van der Waals surface area contributed by atoms with E-state index in [2.05, 4.69) is 0 Å². The van der Waals surface area contributed by atoms with E-state index in [4.69, 9.17) is 15.3 Å². The van der Waals surface area contributed by atoms with Gasteiger partial charge in [-0.25, -0.2) is 0 Å². The van der Waals surface area contributed by atoms with Crippen LogP contribution in [-0.4, -0.2) is 5.11 Å². The van der Waals surface area contributed by atoms with Crippen LogP contribution in [0, 0.1) is 5.92 Å². The van der Waals surface area contributed by atoms with Crippen LogP contribution in [0.1, 0.15) is 43.2 Å².